The second-order valence-electron chi connectivity index (χ2n) is 6.41. The van der Waals surface area contributed by atoms with Gasteiger partial charge < -0.3 is 14.2 Å². The number of hydrogen-bond acceptors (Lipinski definition) is 7. The predicted octanol–water partition coefficient (Wildman–Crippen LogP) is 3.69. The van der Waals surface area contributed by atoms with Crippen molar-refractivity contribution < 1.29 is 19.0 Å². The van der Waals surface area contributed by atoms with E-state index in [4.69, 9.17) is 14.2 Å². The highest BCUT2D eigenvalue weighted by Crippen LogP contribution is 2.28. The van der Waals surface area contributed by atoms with E-state index in [1.807, 2.05) is 13.0 Å². The first-order valence-corrected chi connectivity index (χ1v) is 10.5. The van der Waals surface area contributed by atoms with Crippen molar-refractivity contribution in [2.75, 3.05) is 19.8 Å². The molecule has 0 saturated carbocycles. The molecule has 0 aliphatic carbocycles. The van der Waals surface area contributed by atoms with Gasteiger partial charge in [-0.2, -0.15) is 9.78 Å². The van der Waals surface area contributed by atoms with Crippen LogP contribution in [0.4, 0.5) is 0 Å². The smallest absolute Gasteiger partial charge is 0.344 e. The molecule has 0 atom stereocenters. The number of esters is 1. The van der Waals surface area contributed by atoms with Crippen LogP contribution in [-0.2, 0) is 9.53 Å². The summed E-state index contributed by atoms with van der Waals surface area (Å²) in [6, 6.07) is 10.5. The molecule has 8 nitrogen and oxygen atoms in total. The number of carbonyl (C=O) groups is 1. The summed E-state index contributed by atoms with van der Waals surface area (Å²) in [5.74, 6) is 0.884. The highest BCUT2D eigenvalue weighted by molar-refractivity contribution is 9.10. The molecular formula is C22H22BrN3O5. The summed E-state index contributed by atoms with van der Waals surface area (Å²) < 4.78 is 18.0. The van der Waals surface area contributed by atoms with Gasteiger partial charge in [0.25, 0.3) is 5.56 Å². The van der Waals surface area contributed by atoms with Crippen molar-refractivity contribution in [1.82, 2.24) is 9.66 Å². The molecule has 0 bridgehead atoms. The summed E-state index contributed by atoms with van der Waals surface area (Å²) in [7, 11) is 0. The third kappa shape index (κ3) is 5.49. The van der Waals surface area contributed by atoms with Gasteiger partial charge >= 0.3 is 5.97 Å². The second kappa shape index (κ2) is 10.2. The first-order valence-electron chi connectivity index (χ1n) is 9.71. The minimum atomic E-state index is -0.458. The number of halogens is 1. The lowest BCUT2D eigenvalue weighted by Gasteiger charge is -2.12. The van der Waals surface area contributed by atoms with Crippen molar-refractivity contribution in [3.8, 4) is 11.5 Å². The number of rotatable bonds is 8. The molecule has 1 aromatic heterocycles. The number of ether oxygens (including phenoxy) is 3. The van der Waals surface area contributed by atoms with Crippen LogP contribution in [0.15, 0.2) is 50.8 Å². The SMILES string of the molecule is CCOC(=O)COc1ccc(C=Nn2c(C)nc3ccc(Br)cc3c2=O)cc1OCC. The number of carbonyl (C=O) groups excluding carboxylic acids is 1. The van der Waals surface area contributed by atoms with E-state index in [0.29, 0.717) is 40.4 Å². The van der Waals surface area contributed by atoms with Crippen LogP contribution in [0.5, 0.6) is 11.5 Å². The van der Waals surface area contributed by atoms with Crippen molar-refractivity contribution in [3.63, 3.8) is 0 Å². The van der Waals surface area contributed by atoms with Crippen molar-refractivity contribution >= 4 is 39.0 Å². The Bertz CT molecular complexity index is 1190. The molecule has 2 aromatic carbocycles. The number of benzene rings is 2. The second-order valence-corrected chi connectivity index (χ2v) is 7.33. The van der Waals surface area contributed by atoms with E-state index in [1.54, 1.807) is 44.2 Å². The van der Waals surface area contributed by atoms with Crippen LogP contribution in [0.3, 0.4) is 0 Å². The number of aryl methyl sites for hydroxylation is 1. The summed E-state index contributed by atoms with van der Waals surface area (Å²) in [4.78, 5) is 28.8. The maximum atomic E-state index is 12.8. The van der Waals surface area contributed by atoms with Crippen molar-refractivity contribution in [3.05, 3.63) is 62.6 Å². The van der Waals surface area contributed by atoms with Crippen LogP contribution in [0.25, 0.3) is 10.9 Å². The maximum Gasteiger partial charge on any atom is 0.344 e. The Labute approximate surface area is 187 Å². The maximum absolute atomic E-state index is 12.8. The topological polar surface area (TPSA) is 92.0 Å². The highest BCUT2D eigenvalue weighted by Gasteiger charge is 2.11. The lowest BCUT2D eigenvalue weighted by atomic mass is 10.2. The van der Waals surface area contributed by atoms with E-state index in [-0.39, 0.29) is 18.8 Å². The summed E-state index contributed by atoms with van der Waals surface area (Å²) in [5, 5.41) is 4.78. The van der Waals surface area contributed by atoms with Crippen molar-refractivity contribution in [1.29, 1.82) is 0 Å². The third-order valence-electron chi connectivity index (χ3n) is 4.21. The molecule has 0 N–H and O–H groups in total. The van der Waals surface area contributed by atoms with Crippen LogP contribution in [0.1, 0.15) is 25.2 Å². The van der Waals surface area contributed by atoms with E-state index in [0.717, 1.165) is 4.47 Å². The minimum Gasteiger partial charge on any atom is -0.490 e. The zero-order chi connectivity index (χ0) is 22.4. The molecule has 0 fully saturated rings. The van der Waals surface area contributed by atoms with Gasteiger partial charge in [-0.1, -0.05) is 15.9 Å². The van der Waals surface area contributed by atoms with Crippen molar-refractivity contribution in [2.24, 2.45) is 5.10 Å². The molecule has 0 aliphatic heterocycles. The summed E-state index contributed by atoms with van der Waals surface area (Å²) in [6.45, 7) is 5.78. The quantitative estimate of drug-likeness (QED) is 0.355. The standard InChI is InChI=1S/C22H22BrN3O5/c1-4-29-20-10-15(6-9-19(20)31-13-21(27)30-5-2)12-24-26-14(3)25-18-8-7-16(23)11-17(18)22(26)28/h6-12H,4-5,13H2,1-3H3. The van der Waals surface area contributed by atoms with Crippen LogP contribution in [0.2, 0.25) is 0 Å². The molecular weight excluding hydrogens is 466 g/mol. The van der Waals surface area contributed by atoms with Crippen LogP contribution in [0, 0.1) is 6.92 Å². The Hall–Kier alpha value is -3.20. The molecule has 31 heavy (non-hydrogen) atoms. The van der Waals surface area contributed by atoms with Crippen LogP contribution in [-0.4, -0.2) is 41.7 Å². The average molecular weight is 488 g/mol. The molecule has 0 aliphatic rings. The number of fused-ring (bicyclic) bond motifs is 1. The Morgan fingerprint density at radius 3 is 2.68 bits per heavy atom. The van der Waals surface area contributed by atoms with Gasteiger partial charge in [-0.05, 0) is 62.7 Å². The van der Waals surface area contributed by atoms with Crippen LogP contribution >= 0.6 is 15.9 Å². The summed E-state index contributed by atoms with van der Waals surface area (Å²) >= 11 is 3.38. The zero-order valence-corrected chi connectivity index (χ0v) is 19.0. The lowest BCUT2D eigenvalue weighted by molar-refractivity contribution is -0.145. The summed E-state index contributed by atoms with van der Waals surface area (Å²) in [6.07, 6.45) is 1.54. The molecule has 0 amide bonds. The molecule has 162 valence electrons. The predicted molar refractivity (Wildman–Crippen MR) is 121 cm³/mol. The van der Waals surface area contributed by atoms with Gasteiger partial charge in [-0.25, -0.2) is 9.78 Å². The highest BCUT2D eigenvalue weighted by atomic mass is 79.9. The third-order valence-corrected chi connectivity index (χ3v) is 4.70. The fourth-order valence-electron chi connectivity index (χ4n) is 2.85. The number of nitrogens with zero attached hydrogens (tertiary/aromatic N) is 3. The monoisotopic (exact) mass is 487 g/mol. The lowest BCUT2D eigenvalue weighted by Crippen LogP contribution is -2.20. The molecule has 0 radical (unpaired) electrons. The molecule has 1 heterocycles. The molecule has 3 rings (SSSR count). The van der Waals surface area contributed by atoms with E-state index in [2.05, 4.69) is 26.0 Å². The fraction of sp³-hybridized carbons (Fsp3) is 0.273. The van der Waals surface area contributed by atoms with Gasteiger partial charge in [0.05, 0.1) is 30.3 Å². The first kappa shape index (κ1) is 22.5. The van der Waals surface area contributed by atoms with E-state index >= 15 is 0 Å². The van der Waals surface area contributed by atoms with Crippen molar-refractivity contribution in [2.45, 2.75) is 20.8 Å². The van der Waals surface area contributed by atoms with Gasteiger partial charge in [0, 0.05) is 4.47 Å². The van der Waals surface area contributed by atoms with E-state index in [9.17, 15) is 9.59 Å². The molecule has 0 saturated heterocycles. The average Bonchev–Trinajstić information content (AvgIpc) is 2.74. The Morgan fingerprint density at radius 1 is 1.13 bits per heavy atom. The zero-order valence-electron chi connectivity index (χ0n) is 17.4. The number of aromatic nitrogens is 2. The minimum absolute atomic E-state index is 0.214. The summed E-state index contributed by atoms with van der Waals surface area (Å²) in [5.41, 5.74) is 1.03. The molecule has 3 aromatic rings. The van der Waals surface area contributed by atoms with E-state index in [1.165, 1.54) is 10.9 Å². The first-order chi connectivity index (χ1) is 14.9. The Balaban J connectivity index is 1.89. The fourth-order valence-corrected chi connectivity index (χ4v) is 3.21. The number of hydrogen-bond donors (Lipinski definition) is 0. The van der Waals surface area contributed by atoms with Gasteiger partial charge in [0.15, 0.2) is 18.1 Å². The Morgan fingerprint density at radius 2 is 1.94 bits per heavy atom. The molecule has 0 spiro atoms. The molecule has 9 heteroatoms. The Kier molecular flexibility index (Phi) is 7.41. The largest absolute Gasteiger partial charge is 0.490 e. The van der Waals surface area contributed by atoms with Gasteiger partial charge in [0.2, 0.25) is 0 Å². The normalized spacial score (nSPS) is 11.1. The molecule has 0 unspecified atom stereocenters. The van der Waals surface area contributed by atoms with E-state index < -0.39 is 5.97 Å². The van der Waals surface area contributed by atoms with Crippen LogP contribution < -0.4 is 15.0 Å². The van der Waals surface area contributed by atoms with Gasteiger partial charge in [-0.15, -0.1) is 0 Å². The van der Waals surface area contributed by atoms with Gasteiger partial charge in [-0.3, -0.25) is 4.79 Å². The van der Waals surface area contributed by atoms with Gasteiger partial charge in [0.1, 0.15) is 5.82 Å².